The van der Waals surface area contributed by atoms with Crippen LogP contribution in [0.15, 0.2) is 42.5 Å². The first-order chi connectivity index (χ1) is 14.9. The SMILES string of the molecule is COc1ccc([C@H]2[C@H]3CCCC[C@@]3(O)CC[NH+]2CC(=O)Nc2cc(C)ccc2C)cc1. The topological polar surface area (TPSA) is 63.0 Å². The van der Waals surface area contributed by atoms with Crippen molar-refractivity contribution in [3.8, 4) is 5.75 Å². The summed E-state index contributed by atoms with van der Waals surface area (Å²) in [5, 5.41) is 14.6. The molecule has 4 atom stereocenters. The van der Waals surface area contributed by atoms with Gasteiger partial charge in [-0.1, -0.05) is 25.0 Å². The summed E-state index contributed by atoms with van der Waals surface area (Å²) in [7, 11) is 1.67. The zero-order valence-electron chi connectivity index (χ0n) is 18.9. The number of piperidine rings is 1. The van der Waals surface area contributed by atoms with Crippen LogP contribution in [0.1, 0.15) is 54.8 Å². The van der Waals surface area contributed by atoms with Gasteiger partial charge in [0.15, 0.2) is 6.54 Å². The van der Waals surface area contributed by atoms with Gasteiger partial charge in [0.2, 0.25) is 0 Å². The molecular formula is C26H35N2O3+. The molecule has 5 nitrogen and oxygen atoms in total. The third-order valence-corrected chi connectivity index (χ3v) is 7.32. The lowest BCUT2D eigenvalue weighted by atomic mass is 9.66. The summed E-state index contributed by atoms with van der Waals surface area (Å²) < 4.78 is 5.34. The molecule has 166 valence electrons. The van der Waals surface area contributed by atoms with E-state index in [1.165, 1.54) is 10.5 Å². The van der Waals surface area contributed by atoms with Gasteiger partial charge in [-0.15, -0.1) is 0 Å². The zero-order chi connectivity index (χ0) is 22.0. The fraction of sp³-hybridized carbons (Fsp3) is 0.500. The van der Waals surface area contributed by atoms with Crippen LogP contribution >= 0.6 is 0 Å². The summed E-state index contributed by atoms with van der Waals surface area (Å²) in [4.78, 5) is 14.3. The van der Waals surface area contributed by atoms with Gasteiger partial charge in [-0.2, -0.15) is 0 Å². The smallest absolute Gasteiger partial charge is 0.279 e. The van der Waals surface area contributed by atoms with Crippen LogP contribution in [0.25, 0.3) is 0 Å². The Morgan fingerprint density at radius 2 is 1.94 bits per heavy atom. The number of hydrogen-bond acceptors (Lipinski definition) is 3. The molecule has 2 aromatic carbocycles. The normalized spacial score (nSPS) is 27.9. The number of hydrogen-bond donors (Lipinski definition) is 3. The number of rotatable bonds is 5. The highest BCUT2D eigenvalue weighted by atomic mass is 16.5. The molecule has 31 heavy (non-hydrogen) atoms. The summed E-state index contributed by atoms with van der Waals surface area (Å²) in [6.07, 6.45) is 4.87. The predicted octanol–water partition coefficient (Wildman–Crippen LogP) is 3.20. The number of fused-ring (bicyclic) bond motifs is 1. The van der Waals surface area contributed by atoms with Crippen molar-refractivity contribution < 1.29 is 19.5 Å². The highest BCUT2D eigenvalue weighted by molar-refractivity contribution is 5.92. The maximum absolute atomic E-state index is 13.0. The standard InChI is InChI=1S/C26H34N2O3/c1-18-7-8-19(2)23(16-18)27-24(29)17-28-15-14-26(30)13-5-4-6-22(26)25(28)20-9-11-21(31-3)12-10-20/h7-12,16,22,25,30H,4-6,13-15,17H2,1-3H3,(H,27,29)/p+1/t22-,25+,26-/m1/s1. The van der Waals surface area contributed by atoms with Crippen LogP contribution < -0.4 is 15.0 Å². The molecule has 1 saturated carbocycles. The molecule has 1 unspecified atom stereocenters. The fourth-order valence-electron chi connectivity index (χ4n) is 5.60. The number of aliphatic hydroxyl groups is 1. The van der Waals surface area contributed by atoms with E-state index < -0.39 is 5.60 Å². The van der Waals surface area contributed by atoms with Crippen LogP contribution in [-0.2, 0) is 4.79 Å². The Kier molecular flexibility index (Phi) is 6.35. The average Bonchev–Trinajstić information content (AvgIpc) is 2.76. The monoisotopic (exact) mass is 423 g/mol. The summed E-state index contributed by atoms with van der Waals surface area (Å²) in [6.45, 7) is 5.25. The van der Waals surface area contributed by atoms with E-state index >= 15 is 0 Å². The molecule has 5 heteroatoms. The number of quaternary nitrogens is 1. The van der Waals surface area contributed by atoms with E-state index in [0.717, 1.165) is 61.2 Å². The Bertz CT molecular complexity index is 927. The molecule has 0 spiro atoms. The highest BCUT2D eigenvalue weighted by Gasteiger charge is 2.51. The Morgan fingerprint density at radius 1 is 1.16 bits per heavy atom. The van der Waals surface area contributed by atoms with E-state index in [2.05, 4.69) is 23.5 Å². The first-order valence-electron chi connectivity index (χ1n) is 11.5. The molecule has 1 aliphatic heterocycles. The van der Waals surface area contributed by atoms with Gasteiger partial charge in [0.1, 0.15) is 11.8 Å². The third kappa shape index (κ3) is 4.63. The Hall–Kier alpha value is -2.37. The van der Waals surface area contributed by atoms with Gasteiger partial charge in [0.05, 0.1) is 19.3 Å². The lowest BCUT2D eigenvalue weighted by Crippen LogP contribution is -3.16. The molecule has 0 bridgehead atoms. The van der Waals surface area contributed by atoms with E-state index in [4.69, 9.17) is 4.74 Å². The molecule has 1 saturated heterocycles. The van der Waals surface area contributed by atoms with Gasteiger partial charge in [-0.25, -0.2) is 0 Å². The number of benzene rings is 2. The van der Waals surface area contributed by atoms with Gasteiger partial charge in [-0.05, 0) is 68.1 Å². The van der Waals surface area contributed by atoms with Crippen molar-refractivity contribution >= 4 is 11.6 Å². The van der Waals surface area contributed by atoms with E-state index in [0.29, 0.717) is 6.54 Å². The van der Waals surface area contributed by atoms with E-state index in [-0.39, 0.29) is 17.9 Å². The quantitative estimate of drug-likeness (QED) is 0.692. The number of aryl methyl sites for hydroxylation is 2. The van der Waals surface area contributed by atoms with Crippen LogP contribution in [0.2, 0.25) is 0 Å². The maximum atomic E-state index is 13.0. The molecule has 4 rings (SSSR count). The highest BCUT2D eigenvalue weighted by Crippen LogP contribution is 2.44. The van der Waals surface area contributed by atoms with Crippen molar-refractivity contribution in [1.82, 2.24) is 0 Å². The third-order valence-electron chi connectivity index (χ3n) is 7.32. The second-order valence-corrected chi connectivity index (χ2v) is 9.41. The van der Waals surface area contributed by atoms with Gasteiger partial charge >= 0.3 is 0 Å². The maximum Gasteiger partial charge on any atom is 0.279 e. The van der Waals surface area contributed by atoms with Gasteiger partial charge in [0.25, 0.3) is 5.91 Å². The van der Waals surface area contributed by atoms with Crippen LogP contribution in [0, 0.1) is 19.8 Å². The molecule has 1 aliphatic carbocycles. The van der Waals surface area contributed by atoms with E-state index in [1.54, 1.807) is 7.11 Å². The van der Waals surface area contributed by atoms with Gasteiger partial charge in [0, 0.05) is 23.6 Å². The second-order valence-electron chi connectivity index (χ2n) is 9.41. The zero-order valence-corrected chi connectivity index (χ0v) is 18.9. The van der Waals surface area contributed by atoms with Gasteiger partial charge in [-0.3, -0.25) is 4.79 Å². The number of carbonyl (C=O) groups excluding carboxylic acids is 1. The summed E-state index contributed by atoms with van der Waals surface area (Å²) in [5.41, 5.74) is 3.66. The van der Waals surface area contributed by atoms with Crippen LogP contribution in [0.5, 0.6) is 5.75 Å². The number of nitrogens with one attached hydrogen (secondary N) is 2. The first-order valence-corrected chi connectivity index (χ1v) is 11.5. The summed E-state index contributed by atoms with van der Waals surface area (Å²) >= 11 is 0. The number of likely N-dealkylation sites (tertiary alicyclic amines) is 1. The molecule has 0 aromatic heterocycles. The number of ether oxygens (including phenoxy) is 1. The number of methoxy groups -OCH3 is 1. The minimum absolute atomic E-state index is 0.0310. The predicted molar refractivity (Wildman–Crippen MR) is 123 cm³/mol. The molecule has 2 aliphatic rings. The molecule has 2 aromatic rings. The Labute approximate surface area is 185 Å². The first kappa shape index (κ1) is 21.8. The van der Waals surface area contributed by atoms with Crippen molar-refractivity contribution in [2.24, 2.45) is 5.92 Å². The average molecular weight is 424 g/mol. The van der Waals surface area contributed by atoms with Crippen molar-refractivity contribution in [1.29, 1.82) is 0 Å². The lowest BCUT2D eigenvalue weighted by molar-refractivity contribution is -0.937. The molecule has 2 fully saturated rings. The summed E-state index contributed by atoms with van der Waals surface area (Å²) in [5.74, 6) is 1.03. The minimum Gasteiger partial charge on any atom is -0.497 e. The van der Waals surface area contributed by atoms with Crippen LogP contribution in [0.4, 0.5) is 5.69 Å². The van der Waals surface area contributed by atoms with Crippen molar-refractivity contribution in [3.05, 3.63) is 59.2 Å². The van der Waals surface area contributed by atoms with Crippen molar-refractivity contribution in [3.63, 3.8) is 0 Å². The molecule has 3 N–H and O–H groups in total. The second kappa shape index (κ2) is 9.01. The van der Waals surface area contributed by atoms with Gasteiger partial charge < -0.3 is 20.1 Å². The lowest BCUT2D eigenvalue weighted by Gasteiger charge is -2.50. The van der Waals surface area contributed by atoms with E-state index in [9.17, 15) is 9.90 Å². The molecule has 0 radical (unpaired) electrons. The number of amides is 1. The van der Waals surface area contributed by atoms with E-state index in [1.807, 2.05) is 38.1 Å². The molecule has 1 heterocycles. The fourth-order valence-corrected chi connectivity index (χ4v) is 5.60. The molecule has 1 amide bonds. The van der Waals surface area contributed by atoms with Crippen LogP contribution in [0.3, 0.4) is 0 Å². The summed E-state index contributed by atoms with van der Waals surface area (Å²) in [6, 6.07) is 14.4. The van der Waals surface area contributed by atoms with Crippen molar-refractivity contribution in [2.45, 2.75) is 57.6 Å². The number of anilines is 1. The number of carbonyl (C=O) groups is 1. The largest absolute Gasteiger partial charge is 0.497 e. The molecular weight excluding hydrogens is 388 g/mol. The Morgan fingerprint density at radius 3 is 2.68 bits per heavy atom. The minimum atomic E-state index is -0.615. The van der Waals surface area contributed by atoms with Crippen molar-refractivity contribution in [2.75, 3.05) is 25.5 Å². The van der Waals surface area contributed by atoms with Crippen LogP contribution in [-0.4, -0.2) is 36.8 Å². The Balaban J connectivity index is 1.58.